The van der Waals surface area contributed by atoms with E-state index in [1.54, 1.807) is 19.1 Å². The molecule has 0 aromatic heterocycles. The molecule has 2 heterocycles. The average Bonchev–Trinajstić information content (AvgIpc) is 3.06. The predicted molar refractivity (Wildman–Crippen MR) is 105 cm³/mol. The third kappa shape index (κ3) is 4.55. The molecule has 0 saturated carbocycles. The van der Waals surface area contributed by atoms with E-state index in [2.05, 4.69) is 17.0 Å². The van der Waals surface area contributed by atoms with Crippen LogP contribution in [-0.4, -0.2) is 83.2 Å². The summed E-state index contributed by atoms with van der Waals surface area (Å²) in [6, 6.07) is 7.72. The Balaban J connectivity index is 1.54. The van der Waals surface area contributed by atoms with Crippen molar-refractivity contribution in [2.75, 3.05) is 56.7 Å². The van der Waals surface area contributed by atoms with E-state index in [1.807, 2.05) is 19.1 Å². The third-order valence-corrected chi connectivity index (χ3v) is 7.68. The van der Waals surface area contributed by atoms with Crippen LogP contribution in [0, 0.1) is 0 Å². The number of benzene rings is 1. The van der Waals surface area contributed by atoms with E-state index in [9.17, 15) is 13.2 Å². The van der Waals surface area contributed by atoms with Crippen LogP contribution >= 0.6 is 0 Å². The summed E-state index contributed by atoms with van der Waals surface area (Å²) in [5.74, 6) is 1.18. The van der Waals surface area contributed by atoms with Crippen LogP contribution in [0.2, 0.25) is 0 Å². The fourth-order valence-corrected chi connectivity index (χ4v) is 5.79. The standard InChI is InChI=1S/C19H29N3O4S/c1-15(19(23)20(2)17-8-13-27(24,25)14-17)21-9-11-22(12-10-21)16-4-6-18(26-3)7-5-16/h4-7,15,17H,8-14H2,1-3H3/p+1/t15-,17-/m0/s1. The Hall–Kier alpha value is -1.80. The molecule has 8 heteroatoms. The molecule has 150 valence electrons. The van der Waals surface area contributed by atoms with Gasteiger partial charge in [0, 0.05) is 18.8 Å². The molecule has 2 saturated heterocycles. The zero-order valence-electron chi connectivity index (χ0n) is 16.3. The van der Waals surface area contributed by atoms with Gasteiger partial charge >= 0.3 is 0 Å². The second-order valence-electron chi connectivity index (χ2n) is 7.57. The van der Waals surface area contributed by atoms with Gasteiger partial charge in [-0.05, 0) is 37.6 Å². The highest BCUT2D eigenvalue weighted by molar-refractivity contribution is 7.91. The van der Waals surface area contributed by atoms with Gasteiger partial charge < -0.3 is 19.4 Å². The average molecular weight is 397 g/mol. The van der Waals surface area contributed by atoms with Crippen LogP contribution in [0.5, 0.6) is 5.75 Å². The van der Waals surface area contributed by atoms with Crippen molar-refractivity contribution in [1.29, 1.82) is 0 Å². The number of sulfone groups is 1. The van der Waals surface area contributed by atoms with Gasteiger partial charge in [-0.25, -0.2) is 8.42 Å². The molecule has 7 nitrogen and oxygen atoms in total. The minimum absolute atomic E-state index is 0.0463. The fraction of sp³-hybridized carbons (Fsp3) is 0.632. The maximum atomic E-state index is 12.8. The van der Waals surface area contributed by atoms with Crippen LogP contribution in [0.4, 0.5) is 5.69 Å². The van der Waals surface area contributed by atoms with Crippen molar-refractivity contribution in [3.8, 4) is 5.75 Å². The first kappa shape index (κ1) is 19.9. The second-order valence-corrected chi connectivity index (χ2v) is 9.80. The number of piperazine rings is 1. The molecule has 0 spiro atoms. The molecule has 1 aromatic rings. The Kier molecular flexibility index (Phi) is 5.95. The highest BCUT2D eigenvalue weighted by Gasteiger charge is 2.37. The number of hydrogen-bond acceptors (Lipinski definition) is 5. The van der Waals surface area contributed by atoms with Gasteiger partial charge in [0.25, 0.3) is 5.91 Å². The van der Waals surface area contributed by atoms with E-state index in [1.165, 1.54) is 10.6 Å². The summed E-state index contributed by atoms with van der Waals surface area (Å²) in [4.78, 5) is 18.1. The number of quaternary nitrogens is 1. The van der Waals surface area contributed by atoms with Crippen molar-refractivity contribution in [3.05, 3.63) is 24.3 Å². The summed E-state index contributed by atoms with van der Waals surface area (Å²) in [6.45, 7) is 5.51. The SMILES string of the molecule is COc1ccc(N2CC[NH+]([C@@H](C)C(=O)N(C)[C@H]3CCS(=O)(=O)C3)CC2)cc1. The maximum Gasteiger partial charge on any atom is 0.280 e. The zero-order valence-corrected chi connectivity index (χ0v) is 17.2. The molecule has 2 aliphatic rings. The Bertz CT molecular complexity index is 758. The second kappa shape index (κ2) is 8.06. The van der Waals surface area contributed by atoms with Crippen molar-refractivity contribution >= 4 is 21.4 Å². The maximum absolute atomic E-state index is 12.8. The quantitative estimate of drug-likeness (QED) is 0.722. The lowest BCUT2D eigenvalue weighted by Gasteiger charge is -2.37. The Labute approximate surface area is 161 Å². The van der Waals surface area contributed by atoms with E-state index in [0.29, 0.717) is 6.42 Å². The van der Waals surface area contributed by atoms with Crippen LogP contribution in [0.1, 0.15) is 13.3 Å². The number of ether oxygens (including phenoxy) is 1. The number of carbonyl (C=O) groups is 1. The third-order valence-electron chi connectivity index (χ3n) is 5.93. The number of anilines is 1. The Morgan fingerprint density at radius 3 is 2.41 bits per heavy atom. The van der Waals surface area contributed by atoms with Gasteiger partial charge in [0.05, 0.1) is 44.8 Å². The van der Waals surface area contributed by atoms with Crippen molar-refractivity contribution in [2.24, 2.45) is 0 Å². The molecule has 3 rings (SSSR count). The lowest BCUT2D eigenvalue weighted by molar-refractivity contribution is -0.915. The topological polar surface area (TPSA) is 71.4 Å². The molecule has 2 atom stereocenters. The molecule has 2 aliphatic heterocycles. The van der Waals surface area contributed by atoms with Crippen molar-refractivity contribution in [1.82, 2.24) is 4.90 Å². The highest BCUT2D eigenvalue weighted by atomic mass is 32.2. The lowest BCUT2D eigenvalue weighted by Crippen LogP contribution is -3.19. The monoisotopic (exact) mass is 396 g/mol. The van der Waals surface area contributed by atoms with E-state index in [-0.39, 0.29) is 29.5 Å². The fourth-order valence-electron chi connectivity index (χ4n) is 4.02. The van der Waals surface area contributed by atoms with Crippen LogP contribution < -0.4 is 14.5 Å². The normalized spacial score (nSPS) is 23.8. The first-order valence-electron chi connectivity index (χ1n) is 9.51. The number of amides is 1. The number of methoxy groups -OCH3 is 1. The molecule has 1 N–H and O–H groups in total. The highest BCUT2D eigenvalue weighted by Crippen LogP contribution is 2.19. The number of nitrogens with zero attached hydrogens (tertiary/aromatic N) is 2. The van der Waals surface area contributed by atoms with E-state index < -0.39 is 9.84 Å². The lowest BCUT2D eigenvalue weighted by atomic mass is 10.1. The van der Waals surface area contributed by atoms with Gasteiger partial charge in [0.1, 0.15) is 5.75 Å². The van der Waals surface area contributed by atoms with Crippen LogP contribution in [0.25, 0.3) is 0 Å². The smallest absolute Gasteiger partial charge is 0.280 e. The van der Waals surface area contributed by atoms with Crippen LogP contribution in [0.15, 0.2) is 24.3 Å². The number of rotatable bonds is 5. The first-order chi connectivity index (χ1) is 12.8. The van der Waals surface area contributed by atoms with E-state index in [4.69, 9.17) is 4.74 Å². The minimum atomic E-state index is -2.98. The van der Waals surface area contributed by atoms with Gasteiger partial charge in [0.2, 0.25) is 0 Å². The van der Waals surface area contributed by atoms with Gasteiger partial charge in [-0.2, -0.15) is 0 Å². The summed E-state index contributed by atoms with van der Waals surface area (Å²) >= 11 is 0. The molecule has 0 aliphatic carbocycles. The number of hydrogen-bond donors (Lipinski definition) is 1. The molecule has 2 fully saturated rings. The van der Waals surface area contributed by atoms with E-state index >= 15 is 0 Å². The summed E-state index contributed by atoms with van der Waals surface area (Å²) in [5.41, 5.74) is 1.17. The molecular formula is C19H30N3O4S+. The van der Waals surface area contributed by atoms with Crippen LogP contribution in [0.3, 0.4) is 0 Å². The molecule has 1 amide bonds. The van der Waals surface area contributed by atoms with Crippen molar-refractivity contribution in [3.63, 3.8) is 0 Å². The largest absolute Gasteiger partial charge is 0.497 e. The zero-order chi connectivity index (χ0) is 19.6. The van der Waals surface area contributed by atoms with Gasteiger partial charge in [-0.3, -0.25) is 4.79 Å². The summed E-state index contributed by atoms with van der Waals surface area (Å²) in [6.07, 6.45) is 0.553. The Morgan fingerprint density at radius 1 is 1.26 bits per heavy atom. The van der Waals surface area contributed by atoms with Gasteiger partial charge in [-0.15, -0.1) is 0 Å². The van der Waals surface area contributed by atoms with Crippen LogP contribution in [-0.2, 0) is 14.6 Å². The molecule has 1 aromatic carbocycles. The van der Waals surface area contributed by atoms with Crippen molar-refractivity contribution < 1.29 is 22.8 Å². The number of nitrogens with one attached hydrogen (secondary N) is 1. The summed E-state index contributed by atoms with van der Waals surface area (Å²) < 4.78 is 28.6. The number of carbonyl (C=O) groups excluding carboxylic acids is 1. The molecule has 0 unspecified atom stereocenters. The Morgan fingerprint density at radius 2 is 1.89 bits per heavy atom. The molecule has 27 heavy (non-hydrogen) atoms. The first-order valence-corrected chi connectivity index (χ1v) is 11.3. The summed E-state index contributed by atoms with van der Waals surface area (Å²) in [5, 5.41) is 0. The van der Waals surface area contributed by atoms with E-state index in [0.717, 1.165) is 31.9 Å². The van der Waals surface area contributed by atoms with Gasteiger partial charge in [0.15, 0.2) is 15.9 Å². The van der Waals surface area contributed by atoms with Crippen molar-refractivity contribution in [2.45, 2.75) is 25.4 Å². The van der Waals surface area contributed by atoms with Gasteiger partial charge in [-0.1, -0.05) is 0 Å². The molecule has 0 radical (unpaired) electrons. The number of likely N-dealkylation sites (N-methyl/N-ethyl adjacent to an activating group) is 1. The summed E-state index contributed by atoms with van der Waals surface area (Å²) in [7, 11) is 0.424. The minimum Gasteiger partial charge on any atom is -0.497 e. The molecular weight excluding hydrogens is 366 g/mol. The predicted octanol–water partition coefficient (Wildman–Crippen LogP) is -0.566. The molecule has 0 bridgehead atoms.